The highest BCUT2D eigenvalue weighted by atomic mass is 32.1. The maximum atomic E-state index is 10.8. The summed E-state index contributed by atoms with van der Waals surface area (Å²) in [4.78, 5) is 0. The van der Waals surface area contributed by atoms with E-state index >= 15 is 0 Å². The molecule has 1 rings (SSSR count). The van der Waals surface area contributed by atoms with E-state index in [4.69, 9.17) is 0 Å². The van der Waals surface area contributed by atoms with Crippen molar-refractivity contribution in [3.63, 3.8) is 0 Å². The predicted octanol–water partition coefficient (Wildman–Crippen LogP) is 1.19. The van der Waals surface area contributed by atoms with Crippen molar-refractivity contribution in [2.75, 3.05) is 0 Å². The fraction of sp³-hybridized carbons (Fsp3) is 0.143. The van der Waals surface area contributed by atoms with E-state index < -0.39 is 0 Å². The van der Waals surface area contributed by atoms with Gasteiger partial charge in [0.2, 0.25) is 0 Å². The lowest BCUT2D eigenvalue weighted by atomic mass is 10.2. The van der Waals surface area contributed by atoms with Gasteiger partial charge in [-0.1, -0.05) is 24.3 Å². The number of hydrogen-bond donors (Lipinski definition) is 1. The maximum Gasteiger partial charge on any atom is 0.0148 e. The summed E-state index contributed by atoms with van der Waals surface area (Å²) in [6.07, 6.45) is 0. The Balaban J connectivity index is 3.01. The van der Waals surface area contributed by atoms with E-state index in [-0.39, 0.29) is 5.75 Å². The second-order valence-electron chi connectivity index (χ2n) is 1.77. The van der Waals surface area contributed by atoms with Crippen molar-refractivity contribution in [3.8, 4) is 5.75 Å². The van der Waals surface area contributed by atoms with E-state index in [1.807, 2.05) is 6.07 Å². The van der Waals surface area contributed by atoms with Crippen molar-refractivity contribution < 1.29 is 5.11 Å². The molecule has 1 aromatic rings. The summed E-state index contributed by atoms with van der Waals surface area (Å²) < 4.78 is 0. The molecule has 0 aliphatic heterocycles. The summed E-state index contributed by atoms with van der Waals surface area (Å²) in [6, 6.07) is 6.91. The first-order chi connectivity index (χ1) is 4.34. The zero-order valence-electron chi connectivity index (χ0n) is 4.87. The Morgan fingerprint density at radius 1 is 1.33 bits per heavy atom. The van der Waals surface area contributed by atoms with E-state index in [1.165, 1.54) is 0 Å². The van der Waals surface area contributed by atoms with Crippen molar-refractivity contribution in [2.24, 2.45) is 0 Å². The molecule has 48 valence electrons. The van der Waals surface area contributed by atoms with Crippen molar-refractivity contribution in [3.05, 3.63) is 29.8 Å². The lowest BCUT2D eigenvalue weighted by Gasteiger charge is -2.08. The van der Waals surface area contributed by atoms with E-state index in [1.54, 1.807) is 18.2 Å². The van der Waals surface area contributed by atoms with E-state index in [2.05, 4.69) is 12.6 Å². The Labute approximate surface area is 59.7 Å². The molecule has 9 heavy (non-hydrogen) atoms. The molecule has 0 unspecified atom stereocenters. The Hall–Kier alpha value is -0.630. The first-order valence-corrected chi connectivity index (χ1v) is 3.33. The van der Waals surface area contributed by atoms with Gasteiger partial charge in [0.25, 0.3) is 0 Å². The Bertz CT molecular complexity index is 198. The SMILES string of the molecule is [O-]c1ccccc1CS. The standard InChI is InChI=1S/C7H8OS/c8-7-4-2-1-3-6(7)5-9/h1-4,8-9H,5H2/p-1. The highest BCUT2D eigenvalue weighted by molar-refractivity contribution is 7.79. The predicted molar refractivity (Wildman–Crippen MR) is 38.6 cm³/mol. The highest BCUT2D eigenvalue weighted by Gasteiger charge is 1.85. The summed E-state index contributed by atoms with van der Waals surface area (Å²) in [5.74, 6) is 0.604. The lowest BCUT2D eigenvalue weighted by molar-refractivity contribution is -0.269. The summed E-state index contributed by atoms with van der Waals surface area (Å²) in [6.45, 7) is 0. The number of rotatable bonds is 1. The van der Waals surface area contributed by atoms with E-state index in [0.29, 0.717) is 5.75 Å². The van der Waals surface area contributed by atoms with Crippen LogP contribution in [0.2, 0.25) is 0 Å². The molecular formula is C7H7OS-. The van der Waals surface area contributed by atoms with Gasteiger partial charge in [0.15, 0.2) is 0 Å². The summed E-state index contributed by atoms with van der Waals surface area (Å²) in [7, 11) is 0. The van der Waals surface area contributed by atoms with Crippen LogP contribution >= 0.6 is 12.6 Å². The number of para-hydroxylation sites is 1. The zero-order chi connectivity index (χ0) is 6.69. The van der Waals surface area contributed by atoms with Gasteiger partial charge in [0, 0.05) is 5.75 Å². The topological polar surface area (TPSA) is 23.1 Å². The molecule has 0 radical (unpaired) electrons. The van der Waals surface area contributed by atoms with Gasteiger partial charge in [-0.2, -0.15) is 12.6 Å². The third-order valence-corrected chi connectivity index (χ3v) is 1.48. The summed E-state index contributed by atoms with van der Waals surface area (Å²) in [5, 5.41) is 10.8. The first kappa shape index (κ1) is 6.49. The van der Waals surface area contributed by atoms with Gasteiger partial charge in [-0.15, -0.1) is 5.75 Å². The van der Waals surface area contributed by atoms with E-state index in [0.717, 1.165) is 5.56 Å². The van der Waals surface area contributed by atoms with E-state index in [9.17, 15) is 5.11 Å². The summed E-state index contributed by atoms with van der Waals surface area (Å²) >= 11 is 3.98. The Kier molecular flexibility index (Phi) is 2.01. The number of thiol groups is 1. The minimum Gasteiger partial charge on any atom is -0.872 e. The van der Waals surface area contributed by atoms with Gasteiger partial charge in [-0.05, 0) is 5.56 Å². The van der Waals surface area contributed by atoms with Crippen molar-refractivity contribution >= 4 is 12.6 Å². The lowest BCUT2D eigenvalue weighted by Crippen LogP contribution is -1.93. The molecule has 2 heteroatoms. The van der Waals surface area contributed by atoms with Crippen LogP contribution < -0.4 is 5.11 Å². The van der Waals surface area contributed by atoms with Crippen LogP contribution in [0.5, 0.6) is 5.75 Å². The molecule has 0 heterocycles. The van der Waals surface area contributed by atoms with Crippen molar-refractivity contribution in [1.29, 1.82) is 0 Å². The van der Waals surface area contributed by atoms with Crippen LogP contribution in [0, 0.1) is 0 Å². The van der Waals surface area contributed by atoms with Crippen LogP contribution in [-0.2, 0) is 5.75 Å². The average Bonchev–Trinajstić information content (AvgIpc) is 1.89. The Morgan fingerprint density at radius 2 is 2.00 bits per heavy atom. The smallest absolute Gasteiger partial charge is 0.0148 e. The molecule has 0 saturated carbocycles. The fourth-order valence-corrected chi connectivity index (χ4v) is 0.896. The molecule has 0 bridgehead atoms. The summed E-state index contributed by atoms with van der Waals surface area (Å²) in [5.41, 5.74) is 0.765. The minimum atomic E-state index is 0.0764. The fourth-order valence-electron chi connectivity index (χ4n) is 0.634. The monoisotopic (exact) mass is 139 g/mol. The molecule has 0 aliphatic rings. The van der Waals surface area contributed by atoms with Crippen LogP contribution in [0.1, 0.15) is 5.56 Å². The minimum absolute atomic E-state index is 0.0764. The highest BCUT2D eigenvalue weighted by Crippen LogP contribution is 2.13. The van der Waals surface area contributed by atoms with Crippen molar-refractivity contribution in [1.82, 2.24) is 0 Å². The second-order valence-corrected chi connectivity index (χ2v) is 2.08. The third kappa shape index (κ3) is 1.39. The van der Waals surface area contributed by atoms with Gasteiger partial charge in [-0.3, -0.25) is 0 Å². The molecule has 0 N–H and O–H groups in total. The van der Waals surface area contributed by atoms with Gasteiger partial charge in [-0.25, -0.2) is 0 Å². The van der Waals surface area contributed by atoms with Crippen molar-refractivity contribution in [2.45, 2.75) is 5.75 Å². The van der Waals surface area contributed by atoms with Gasteiger partial charge in [0.05, 0.1) is 0 Å². The maximum absolute atomic E-state index is 10.8. The largest absolute Gasteiger partial charge is 0.872 e. The molecule has 0 aliphatic carbocycles. The first-order valence-electron chi connectivity index (χ1n) is 2.70. The molecule has 0 atom stereocenters. The van der Waals surface area contributed by atoms with Crippen LogP contribution in [0.25, 0.3) is 0 Å². The molecule has 1 aromatic carbocycles. The van der Waals surface area contributed by atoms with Gasteiger partial charge < -0.3 is 5.11 Å². The zero-order valence-corrected chi connectivity index (χ0v) is 5.77. The van der Waals surface area contributed by atoms with Crippen LogP contribution in [0.15, 0.2) is 24.3 Å². The quantitative estimate of drug-likeness (QED) is 0.580. The third-order valence-electron chi connectivity index (χ3n) is 1.14. The number of hydrogen-bond acceptors (Lipinski definition) is 2. The Morgan fingerprint density at radius 3 is 2.44 bits per heavy atom. The van der Waals surface area contributed by atoms with Gasteiger partial charge in [0.1, 0.15) is 0 Å². The normalized spacial score (nSPS) is 9.44. The van der Waals surface area contributed by atoms with Crippen LogP contribution in [-0.4, -0.2) is 0 Å². The molecule has 1 nitrogen and oxygen atoms in total. The van der Waals surface area contributed by atoms with Crippen LogP contribution in [0.4, 0.5) is 0 Å². The second kappa shape index (κ2) is 2.78. The molecule has 0 amide bonds. The molecule has 0 saturated heterocycles. The molecular weight excluding hydrogens is 132 g/mol. The molecule has 0 spiro atoms. The molecule has 0 fully saturated rings. The average molecular weight is 139 g/mol. The number of benzene rings is 1. The van der Waals surface area contributed by atoms with Crippen LogP contribution in [0.3, 0.4) is 0 Å². The van der Waals surface area contributed by atoms with Gasteiger partial charge >= 0.3 is 0 Å². The molecule has 0 aromatic heterocycles.